The summed E-state index contributed by atoms with van der Waals surface area (Å²) in [5.41, 5.74) is 1.94. The summed E-state index contributed by atoms with van der Waals surface area (Å²) in [5.74, 6) is 2.35. The van der Waals surface area contributed by atoms with Gasteiger partial charge in [0.25, 0.3) is 0 Å². The largest absolute Gasteiger partial charge is 0.492 e. The summed E-state index contributed by atoms with van der Waals surface area (Å²) < 4.78 is 17.5. The molecule has 2 aliphatic rings. The van der Waals surface area contributed by atoms with Crippen molar-refractivity contribution in [2.75, 3.05) is 7.11 Å². The van der Waals surface area contributed by atoms with Crippen LogP contribution in [0.25, 0.3) is 0 Å². The highest BCUT2D eigenvalue weighted by atomic mass is 16.5. The number of methoxy groups -OCH3 is 1. The third kappa shape index (κ3) is 1.85. The van der Waals surface area contributed by atoms with Crippen molar-refractivity contribution < 1.29 is 19.3 Å². The molecule has 1 aromatic carbocycles. The lowest BCUT2D eigenvalue weighted by Crippen LogP contribution is -2.20. The van der Waals surface area contributed by atoms with E-state index < -0.39 is 5.60 Å². The molecule has 2 heterocycles. The van der Waals surface area contributed by atoms with Crippen LogP contribution in [0.15, 0.2) is 0 Å². The molecule has 2 atom stereocenters. The summed E-state index contributed by atoms with van der Waals surface area (Å²) in [6.45, 7) is 7.65. The van der Waals surface area contributed by atoms with Gasteiger partial charge in [0.1, 0.15) is 18.0 Å². The summed E-state index contributed by atoms with van der Waals surface area (Å²) in [6, 6.07) is 0. The van der Waals surface area contributed by atoms with Gasteiger partial charge in [0.15, 0.2) is 11.5 Å². The molecule has 110 valence electrons. The van der Waals surface area contributed by atoms with E-state index in [0.29, 0.717) is 0 Å². The molecule has 2 unspecified atom stereocenters. The van der Waals surface area contributed by atoms with Gasteiger partial charge in [-0.05, 0) is 27.7 Å². The normalized spacial score (nSPS) is 23.9. The minimum atomic E-state index is -0.960. The van der Waals surface area contributed by atoms with E-state index in [1.165, 1.54) is 0 Å². The van der Waals surface area contributed by atoms with Gasteiger partial charge in [0.05, 0.1) is 12.7 Å². The van der Waals surface area contributed by atoms with Gasteiger partial charge in [-0.2, -0.15) is 0 Å². The number of hydrogen-bond donors (Lipinski definition) is 1. The maximum atomic E-state index is 10.6. The van der Waals surface area contributed by atoms with E-state index in [1.807, 2.05) is 13.8 Å². The average Bonchev–Trinajstić information content (AvgIpc) is 2.85. The van der Waals surface area contributed by atoms with Crippen LogP contribution in [0.4, 0.5) is 0 Å². The molecule has 0 spiro atoms. The van der Waals surface area contributed by atoms with E-state index in [2.05, 4.69) is 0 Å². The maximum Gasteiger partial charge on any atom is 0.168 e. The van der Waals surface area contributed by atoms with Crippen LogP contribution in [-0.4, -0.2) is 24.4 Å². The number of aliphatic hydroxyl groups is 1. The quantitative estimate of drug-likeness (QED) is 0.903. The first-order valence-corrected chi connectivity index (χ1v) is 7.14. The van der Waals surface area contributed by atoms with Crippen molar-refractivity contribution in [2.45, 2.75) is 58.3 Å². The molecule has 0 aromatic heterocycles. The highest BCUT2D eigenvalue weighted by Crippen LogP contribution is 2.53. The first-order chi connectivity index (χ1) is 9.32. The fourth-order valence-corrected chi connectivity index (χ4v) is 3.34. The van der Waals surface area contributed by atoms with Gasteiger partial charge in [-0.15, -0.1) is 0 Å². The van der Waals surface area contributed by atoms with Crippen LogP contribution in [0.2, 0.25) is 0 Å². The van der Waals surface area contributed by atoms with Gasteiger partial charge in [0.2, 0.25) is 0 Å². The third-order valence-electron chi connectivity index (χ3n) is 3.99. The molecule has 0 aliphatic carbocycles. The highest BCUT2D eigenvalue weighted by molar-refractivity contribution is 5.67. The number of ether oxygens (including phenoxy) is 3. The van der Waals surface area contributed by atoms with Crippen LogP contribution in [0.1, 0.15) is 44.4 Å². The van der Waals surface area contributed by atoms with E-state index in [0.717, 1.165) is 46.8 Å². The Bertz CT molecular complexity index is 518. The van der Waals surface area contributed by atoms with Crippen LogP contribution >= 0.6 is 0 Å². The molecular weight excluding hydrogens is 256 g/mol. The second-order valence-corrected chi connectivity index (χ2v) is 6.35. The Balaban J connectivity index is 2.31. The Morgan fingerprint density at radius 3 is 2.15 bits per heavy atom. The molecule has 0 saturated carbocycles. The topological polar surface area (TPSA) is 47.9 Å². The third-order valence-corrected chi connectivity index (χ3v) is 3.99. The molecule has 0 bridgehead atoms. The van der Waals surface area contributed by atoms with Crippen molar-refractivity contribution in [2.24, 2.45) is 0 Å². The Kier molecular flexibility index (Phi) is 2.91. The van der Waals surface area contributed by atoms with Crippen LogP contribution in [0.5, 0.6) is 17.2 Å². The van der Waals surface area contributed by atoms with Gasteiger partial charge >= 0.3 is 0 Å². The second kappa shape index (κ2) is 4.29. The highest BCUT2D eigenvalue weighted by Gasteiger charge is 2.40. The average molecular weight is 278 g/mol. The van der Waals surface area contributed by atoms with E-state index >= 15 is 0 Å². The zero-order chi connectivity index (χ0) is 14.7. The predicted molar refractivity (Wildman–Crippen MR) is 75.8 cm³/mol. The SMILES string of the molecule is COc1c2c(c(C(C)(C)O)c3c1OC(C)C3)OC(C)C2. The van der Waals surface area contributed by atoms with Crippen LogP contribution in [-0.2, 0) is 18.4 Å². The van der Waals surface area contributed by atoms with Crippen LogP contribution < -0.4 is 14.2 Å². The van der Waals surface area contributed by atoms with Crippen LogP contribution in [0.3, 0.4) is 0 Å². The van der Waals surface area contributed by atoms with Crippen molar-refractivity contribution in [3.8, 4) is 17.2 Å². The monoisotopic (exact) mass is 278 g/mol. The Labute approximate surface area is 119 Å². The predicted octanol–water partition coefficient (Wildman–Crippen LogP) is 2.57. The van der Waals surface area contributed by atoms with Crippen molar-refractivity contribution in [1.82, 2.24) is 0 Å². The lowest BCUT2D eigenvalue weighted by atomic mass is 9.87. The summed E-state index contributed by atoms with van der Waals surface area (Å²) in [5, 5.41) is 10.6. The van der Waals surface area contributed by atoms with E-state index in [1.54, 1.807) is 21.0 Å². The standard InChI is InChI=1S/C16H22O4/c1-8-6-10-12(16(3,4)17)13-11(7-9(2)19-13)14(18-5)15(10)20-8/h8-9,17H,6-7H2,1-5H3. The molecule has 0 radical (unpaired) electrons. The summed E-state index contributed by atoms with van der Waals surface area (Å²) in [6.07, 6.45) is 1.75. The van der Waals surface area contributed by atoms with Crippen molar-refractivity contribution >= 4 is 0 Å². The number of rotatable bonds is 2. The zero-order valence-electron chi connectivity index (χ0n) is 12.7. The first kappa shape index (κ1) is 13.6. The van der Waals surface area contributed by atoms with E-state index in [9.17, 15) is 5.11 Å². The minimum absolute atomic E-state index is 0.0972. The molecule has 20 heavy (non-hydrogen) atoms. The van der Waals surface area contributed by atoms with Gasteiger partial charge < -0.3 is 19.3 Å². The smallest absolute Gasteiger partial charge is 0.168 e. The first-order valence-electron chi connectivity index (χ1n) is 7.14. The van der Waals surface area contributed by atoms with Gasteiger partial charge in [-0.3, -0.25) is 0 Å². The molecule has 0 fully saturated rings. The molecule has 0 amide bonds. The molecule has 2 aliphatic heterocycles. The van der Waals surface area contributed by atoms with E-state index in [-0.39, 0.29) is 12.2 Å². The lowest BCUT2D eigenvalue weighted by Gasteiger charge is -2.25. The molecular formula is C16H22O4. The molecule has 0 saturated heterocycles. The Hall–Kier alpha value is -1.42. The number of hydrogen-bond acceptors (Lipinski definition) is 4. The van der Waals surface area contributed by atoms with Crippen molar-refractivity contribution in [3.63, 3.8) is 0 Å². The molecule has 4 nitrogen and oxygen atoms in total. The number of fused-ring (bicyclic) bond motifs is 2. The van der Waals surface area contributed by atoms with Gasteiger partial charge in [-0.25, -0.2) is 0 Å². The van der Waals surface area contributed by atoms with Crippen molar-refractivity contribution in [3.05, 3.63) is 16.7 Å². The molecule has 3 rings (SSSR count). The van der Waals surface area contributed by atoms with Gasteiger partial charge in [0, 0.05) is 29.5 Å². The summed E-state index contributed by atoms with van der Waals surface area (Å²) >= 11 is 0. The summed E-state index contributed by atoms with van der Waals surface area (Å²) in [7, 11) is 1.66. The van der Waals surface area contributed by atoms with Gasteiger partial charge in [-0.1, -0.05) is 0 Å². The van der Waals surface area contributed by atoms with Crippen LogP contribution in [0, 0.1) is 0 Å². The minimum Gasteiger partial charge on any atom is -0.492 e. The molecule has 4 heteroatoms. The second-order valence-electron chi connectivity index (χ2n) is 6.35. The number of benzene rings is 1. The van der Waals surface area contributed by atoms with E-state index in [4.69, 9.17) is 14.2 Å². The Morgan fingerprint density at radius 1 is 1.05 bits per heavy atom. The fraction of sp³-hybridized carbons (Fsp3) is 0.625. The lowest BCUT2D eigenvalue weighted by molar-refractivity contribution is 0.0733. The van der Waals surface area contributed by atoms with Crippen molar-refractivity contribution in [1.29, 1.82) is 0 Å². The Morgan fingerprint density at radius 2 is 1.60 bits per heavy atom. The molecule has 1 N–H and O–H groups in total. The maximum absolute atomic E-state index is 10.6. The summed E-state index contributed by atoms with van der Waals surface area (Å²) in [4.78, 5) is 0. The zero-order valence-corrected chi connectivity index (χ0v) is 12.7. The molecule has 1 aromatic rings. The fourth-order valence-electron chi connectivity index (χ4n) is 3.34.